The van der Waals surface area contributed by atoms with E-state index in [0.717, 1.165) is 58.4 Å². The summed E-state index contributed by atoms with van der Waals surface area (Å²) in [4.78, 5) is 0. The first-order chi connectivity index (χ1) is 15.3. The van der Waals surface area contributed by atoms with Gasteiger partial charge in [0.25, 0.3) is 0 Å². The molecule has 0 aromatic carbocycles. The van der Waals surface area contributed by atoms with E-state index in [4.69, 9.17) is 17.0 Å². The third kappa shape index (κ3) is 6.51. The molecular weight excluding hydrogens is 527 g/mol. The molecule has 0 heterocycles. The summed E-state index contributed by atoms with van der Waals surface area (Å²) in [7, 11) is 8.60. The van der Waals surface area contributed by atoms with E-state index >= 15 is 0 Å². The van der Waals surface area contributed by atoms with Crippen LogP contribution in [-0.4, -0.2) is 8.07 Å². The summed E-state index contributed by atoms with van der Waals surface area (Å²) in [6.07, 6.45) is 12.6. The van der Waals surface area contributed by atoms with Crippen molar-refractivity contribution in [3.05, 3.63) is 0 Å². The summed E-state index contributed by atoms with van der Waals surface area (Å²) in [6, 6.07) is 0. The zero-order chi connectivity index (χ0) is 24.6. The van der Waals surface area contributed by atoms with Crippen LogP contribution in [0.1, 0.15) is 107 Å². The second-order valence-corrected chi connectivity index (χ2v) is 20.3. The molecule has 0 aliphatic heterocycles. The molecule has 4 heteroatoms. The van der Waals surface area contributed by atoms with Gasteiger partial charge in [-0.05, 0) is 71.3 Å². The Morgan fingerprint density at radius 1 is 0.531 bits per heavy atom. The normalized spacial score (nSPS) is 42.6. The van der Waals surface area contributed by atoms with Crippen molar-refractivity contribution in [1.29, 1.82) is 0 Å². The van der Waals surface area contributed by atoms with Crippen molar-refractivity contribution < 1.29 is 20.8 Å². The van der Waals surface area contributed by atoms with Gasteiger partial charge in [0.1, 0.15) is 0 Å². The van der Waals surface area contributed by atoms with Crippen LogP contribution in [0.25, 0.3) is 0 Å². The van der Waals surface area contributed by atoms with Crippen LogP contribution in [-0.2, 0) is 20.8 Å². The molecule has 0 nitrogen and oxygen atoms in total. The molecule has 190 valence electrons. The summed E-state index contributed by atoms with van der Waals surface area (Å²) < 4.78 is 0. The molecule has 0 aromatic heterocycles. The zero-order valence-electron chi connectivity index (χ0n) is 23.2. The molecule has 4 fully saturated rings. The Balaban J connectivity index is 0.000000662. The van der Waals surface area contributed by atoms with Gasteiger partial charge in [-0.2, -0.15) is 0 Å². The van der Waals surface area contributed by atoms with Gasteiger partial charge in [0, 0.05) is 0 Å². The predicted molar refractivity (Wildman–Crippen MR) is 147 cm³/mol. The number of hydrogen-bond donors (Lipinski definition) is 0. The van der Waals surface area contributed by atoms with E-state index in [1.54, 1.807) is 51.4 Å². The maximum absolute atomic E-state index is 4.93. The molecule has 0 amide bonds. The molecule has 0 bridgehead atoms. The van der Waals surface area contributed by atoms with Crippen LogP contribution in [0.15, 0.2) is 0 Å². The van der Waals surface area contributed by atoms with Gasteiger partial charge in [0.05, 0.1) is 8.07 Å². The molecule has 4 saturated carbocycles. The van der Waals surface area contributed by atoms with E-state index < -0.39 is 28.9 Å². The standard InChI is InChI=1S/C24H44Si.2C2H6.2ClH.Zr/c1-15-16(2)18(4)23(17(15)3)25(5,6)24-21-13-9-7-11-19(21)20-12-8-10-14-22(20)24;2*1-2;;;/h15-24H,7-14H2,1-6H3;2*1-2H3;2*1H;/q;;;;;+2/p-2. The Morgan fingerprint density at radius 3 is 1.12 bits per heavy atom. The van der Waals surface area contributed by atoms with E-state index in [1.165, 1.54) is 0 Å². The van der Waals surface area contributed by atoms with Crippen molar-refractivity contribution in [2.45, 2.75) is 131 Å². The van der Waals surface area contributed by atoms with E-state index in [9.17, 15) is 0 Å². The van der Waals surface area contributed by atoms with Crippen molar-refractivity contribution >= 4 is 25.1 Å². The minimum atomic E-state index is -1.26. The molecule has 32 heavy (non-hydrogen) atoms. The summed E-state index contributed by atoms with van der Waals surface area (Å²) in [5.41, 5.74) is 2.24. The van der Waals surface area contributed by atoms with Crippen molar-refractivity contribution in [3.63, 3.8) is 0 Å². The molecule has 0 aromatic rings. The van der Waals surface area contributed by atoms with Crippen LogP contribution in [0.3, 0.4) is 0 Å². The van der Waals surface area contributed by atoms with E-state index in [-0.39, 0.29) is 0 Å². The van der Waals surface area contributed by atoms with E-state index in [2.05, 4.69) is 40.8 Å². The van der Waals surface area contributed by atoms with Gasteiger partial charge in [-0.3, -0.25) is 0 Å². The second-order valence-electron chi connectivity index (χ2n) is 11.6. The van der Waals surface area contributed by atoms with E-state index in [1.807, 2.05) is 27.7 Å². The Labute approximate surface area is 222 Å². The zero-order valence-corrected chi connectivity index (χ0v) is 28.2. The molecule has 0 saturated heterocycles. The molecule has 4 aliphatic rings. The topological polar surface area (TPSA) is 0 Å². The van der Waals surface area contributed by atoms with Crippen LogP contribution in [0, 0.1) is 47.3 Å². The maximum atomic E-state index is 4.93. The summed E-state index contributed by atoms with van der Waals surface area (Å²) >= 11 is -0.826. The van der Waals surface area contributed by atoms with Crippen molar-refractivity contribution in [1.82, 2.24) is 0 Å². The van der Waals surface area contributed by atoms with Crippen molar-refractivity contribution in [2.24, 2.45) is 47.3 Å². The third-order valence-electron chi connectivity index (χ3n) is 10.6. The van der Waals surface area contributed by atoms with Gasteiger partial charge in [-0.25, -0.2) is 0 Å². The van der Waals surface area contributed by atoms with Gasteiger partial charge < -0.3 is 0 Å². The number of halogens is 2. The summed E-state index contributed by atoms with van der Waals surface area (Å²) in [6.45, 7) is 24.1. The van der Waals surface area contributed by atoms with Gasteiger partial charge in [-0.1, -0.05) is 107 Å². The Kier molecular flexibility index (Phi) is 14.9. The Hall–Kier alpha value is 1.68. The van der Waals surface area contributed by atoms with Crippen LogP contribution in [0.2, 0.25) is 24.2 Å². The Bertz CT molecular complexity index is 478. The molecule has 4 aliphatic carbocycles. The minimum absolute atomic E-state index is 0.826. The first kappa shape index (κ1) is 31.7. The predicted octanol–water partition coefficient (Wildman–Crippen LogP) is 11.0. The Morgan fingerprint density at radius 2 is 0.812 bits per heavy atom. The first-order valence-corrected chi connectivity index (χ1v) is 23.7. The average molecular weight is 583 g/mol. The molecule has 0 N–H and O–H groups in total. The summed E-state index contributed by atoms with van der Waals surface area (Å²) in [5.74, 6) is 8.36. The number of fused-ring (bicyclic) bond motifs is 3. The quantitative estimate of drug-likeness (QED) is 0.284. The molecule has 0 radical (unpaired) electrons. The van der Waals surface area contributed by atoms with Gasteiger partial charge >= 0.3 is 37.9 Å². The average Bonchev–Trinajstić information content (AvgIpc) is 3.25. The van der Waals surface area contributed by atoms with Crippen molar-refractivity contribution in [3.8, 4) is 0 Å². The monoisotopic (exact) mass is 580 g/mol. The van der Waals surface area contributed by atoms with E-state index in [0.29, 0.717) is 0 Å². The summed E-state index contributed by atoms with van der Waals surface area (Å²) in [5, 5.41) is 0. The number of hydrogen-bond acceptors (Lipinski definition) is 0. The first-order valence-electron chi connectivity index (χ1n) is 14.2. The van der Waals surface area contributed by atoms with Crippen LogP contribution in [0.4, 0.5) is 0 Å². The number of rotatable bonds is 2. The van der Waals surface area contributed by atoms with Gasteiger partial charge in [0.15, 0.2) is 0 Å². The molecular formula is C28H56Cl2SiZr. The van der Waals surface area contributed by atoms with Crippen LogP contribution in [0.5, 0.6) is 0 Å². The molecule has 0 spiro atoms. The fourth-order valence-electron chi connectivity index (χ4n) is 9.42. The van der Waals surface area contributed by atoms with Crippen LogP contribution < -0.4 is 0 Å². The third-order valence-corrected chi connectivity index (χ3v) is 15.9. The van der Waals surface area contributed by atoms with Gasteiger partial charge in [-0.15, -0.1) is 0 Å². The fraction of sp³-hybridized carbons (Fsp3) is 1.00. The molecule has 4 rings (SSSR count). The van der Waals surface area contributed by atoms with Crippen molar-refractivity contribution in [2.75, 3.05) is 0 Å². The van der Waals surface area contributed by atoms with Crippen LogP contribution >= 0.6 is 17.0 Å². The SMILES string of the molecule is CC.CC.CC1C(C)C(C)C([Si](C)(C)C2C3CCCCC3C3CCCCC32)C1C.[Cl][Zr][Cl]. The molecule has 8 unspecified atom stereocenters. The fourth-order valence-corrected chi connectivity index (χ4v) is 16.2. The molecule has 8 atom stereocenters. The second kappa shape index (κ2) is 15.1. The van der Waals surface area contributed by atoms with Gasteiger partial charge in [0.2, 0.25) is 0 Å².